The maximum Gasteiger partial charge on any atom is 0.322 e. The van der Waals surface area contributed by atoms with E-state index < -0.39 is 6.04 Å². The Morgan fingerprint density at radius 1 is 1.28 bits per heavy atom. The predicted octanol–water partition coefficient (Wildman–Crippen LogP) is 4.09. The number of nitrogens with one attached hydrogen (secondary N) is 3. The van der Waals surface area contributed by atoms with Gasteiger partial charge in [-0.15, -0.1) is 0 Å². The van der Waals surface area contributed by atoms with E-state index >= 15 is 0 Å². The number of piperidine rings is 1. The monoisotopic (exact) mass is 485 g/mol. The number of anilines is 1. The van der Waals surface area contributed by atoms with Crippen molar-refractivity contribution in [3.63, 3.8) is 0 Å². The summed E-state index contributed by atoms with van der Waals surface area (Å²) in [4.78, 5) is 29.2. The van der Waals surface area contributed by atoms with Crippen LogP contribution in [0.1, 0.15) is 42.1 Å². The van der Waals surface area contributed by atoms with E-state index in [0.29, 0.717) is 38.9 Å². The third kappa shape index (κ3) is 4.59. The summed E-state index contributed by atoms with van der Waals surface area (Å²) < 4.78 is 0. The zero-order chi connectivity index (χ0) is 25.2. The SMILES string of the molecule is CCc1cc(CC(C#N)NC(=O)N2CCC(N3Cc4ccccc4NC3=O)CC2)cc2c(C)n[nH]c12. The molecule has 1 saturated heterocycles. The Bertz CT molecular complexity index is 1330. The van der Waals surface area contributed by atoms with E-state index in [2.05, 4.69) is 46.0 Å². The van der Waals surface area contributed by atoms with Crippen LogP contribution in [0.4, 0.5) is 15.3 Å². The van der Waals surface area contributed by atoms with Crippen molar-refractivity contribution in [3.05, 3.63) is 58.8 Å². The molecule has 2 aromatic carbocycles. The molecule has 2 aliphatic heterocycles. The first-order valence-corrected chi connectivity index (χ1v) is 12.5. The van der Waals surface area contributed by atoms with Gasteiger partial charge in [-0.25, -0.2) is 9.59 Å². The number of carbonyl (C=O) groups is 2. The van der Waals surface area contributed by atoms with Crippen molar-refractivity contribution in [1.29, 1.82) is 5.26 Å². The highest BCUT2D eigenvalue weighted by atomic mass is 16.2. The van der Waals surface area contributed by atoms with Gasteiger partial charge in [-0.1, -0.05) is 31.2 Å². The first-order valence-electron chi connectivity index (χ1n) is 12.5. The molecule has 0 saturated carbocycles. The number of hydrogen-bond acceptors (Lipinski definition) is 4. The van der Waals surface area contributed by atoms with E-state index in [1.807, 2.05) is 36.1 Å². The van der Waals surface area contributed by atoms with Crippen LogP contribution in [0.2, 0.25) is 0 Å². The normalized spacial score (nSPS) is 16.9. The van der Waals surface area contributed by atoms with Gasteiger partial charge in [0.2, 0.25) is 0 Å². The molecular weight excluding hydrogens is 454 g/mol. The molecule has 9 heteroatoms. The van der Waals surface area contributed by atoms with Crippen LogP contribution in [-0.4, -0.2) is 57.2 Å². The number of likely N-dealkylation sites (tertiary alicyclic amines) is 1. The Morgan fingerprint density at radius 2 is 2.06 bits per heavy atom. The van der Waals surface area contributed by atoms with Gasteiger partial charge in [-0.05, 0) is 55.0 Å². The van der Waals surface area contributed by atoms with E-state index in [1.165, 1.54) is 0 Å². The number of rotatable bonds is 5. The molecule has 186 valence electrons. The summed E-state index contributed by atoms with van der Waals surface area (Å²) in [6.45, 7) is 5.71. The molecule has 9 nitrogen and oxygen atoms in total. The minimum absolute atomic E-state index is 0.0755. The van der Waals surface area contributed by atoms with Crippen molar-refractivity contribution in [2.75, 3.05) is 18.4 Å². The number of para-hydroxylation sites is 1. The van der Waals surface area contributed by atoms with Gasteiger partial charge >= 0.3 is 12.1 Å². The number of hydrogen-bond donors (Lipinski definition) is 3. The Balaban J connectivity index is 1.19. The molecular formula is C27H31N7O2. The zero-order valence-electron chi connectivity index (χ0n) is 20.7. The number of fused-ring (bicyclic) bond motifs is 2. The van der Waals surface area contributed by atoms with Crippen molar-refractivity contribution < 1.29 is 9.59 Å². The van der Waals surface area contributed by atoms with Crippen LogP contribution in [-0.2, 0) is 19.4 Å². The molecule has 0 aliphatic carbocycles. The number of nitrogens with zero attached hydrogens (tertiary/aromatic N) is 4. The first kappa shape index (κ1) is 23.7. The van der Waals surface area contributed by atoms with Gasteiger partial charge in [0, 0.05) is 43.2 Å². The third-order valence-corrected chi connectivity index (χ3v) is 7.33. The molecule has 1 atom stereocenters. The molecule has 3 heterocycles. The number of urea groups is 2. The van der Waals surface area contributed by atoms with E-state index in [1.54, 1.807) is 4.90 Å². The predicted molar refractivity (Wildman–Crippen MR) is 137 cm³/mol. The van der Waals surface area contributed by atoms with Crippen LogP contribution in [0, 0.1) is 18.3 Å². The van der Waals surface area contributed by atoms with Crippen LogP contribution in [0.15, 0.2) is 36.4 Å². The summed E-state index contributed by atoms with van der Waals surface area (Å²) in [6.07, 6.45) is 2.69. The lowest BCUT2D eigenvalue weighted by Crippen LogP contribution is -2.53. The molecule has 3 aromatic rings. The molecule has 3 N–H and O–H groups in total. The minimum Gasteiger partial charge on any atom is -0.325 e. The maximum atomic E-state index is 13.0. The number of nitriles is 1. The highest BCUT2D eigenvalue weighted by Crippen LogP contribution is 2.28. The highest BCUT2D eigenvalue weighted by Gasteiger charge is 2.33. The summed E-state index contributed by atoms with van der Waals surface area (Å²) in [6, 6.07) is 13.4. The Morgan fingerprint density at radius 3 is 2.81 bits per heavy atom. The second-order valence-electron chi connectivity index (χ2n) is 9.61. The average Bonchev–Trinajstić information content (AvgIpc) is 3.27. The van der Waals surface area contributed by atoms with E-state index in [4.69, 9.17) is 0 Å². The zero-order valence-corrected chi connectivity index (χ0v) is 20.7. The second-order valence-corrected chi connectivity index (χ2v) is 9.61. The van der Waals surface area contributed by atoms with Crippen LogP contribution in [0.25, 0.3) is 10.9 Å². The standard InChI is InChI=1S/C27H31N7O2/c1-3-19-12-18(14-23-17(2)31-32-25(19)23)13-21(15-28)29-26(35)33-10-8-22(9-11-33)34-16-20-6-4-5-7-24(20)30-27(34)36/h4-7,12,14,21-22H,3,8-11,13,16H2,1-2H3,(H,29,35)(H,30,36)(H,31,32). The molecule has 5 rings (SSSR count). The average molecular weight is 486 g/mol. The summed E-state index contributed by atoms with van der Waals surface area (Å²) in [5, 5.41) is 24.1. The molecule has 1 unspecified atom stereocenters. The number of aromatic amines is 1. The smallest absolute Gasteiger partial charge is 0.322 e. The van der Waals surface area contributed by atoms with Crippen LogP contribution >= 0.6 is 0 Å². The van der Waals surface area contributed by atoms with Gasteiger partial charge in [0.25, 0.3) is 0 Å². The number of aromatic nitrogens is 2. The molecule has 4 amide bonds. The van der Waals surface area contributed by atoms with Crippen LogP contribution in [0.5, 0.6) is 0 Å². The van der Waals surface area contributed by atoms with Crippen molar-refractivity contribution in [2.24, 2.45) is 0 Å². The Kier molecular flexibility index (Phi) is 6.51. The lowest BCUT2D eigenvalue weighted by molar-refractivity contribution is 0.127. The number of carbonyl (C=O) groups excluding carboxylic acids is 2. The Hall–Kier alpha value is -4.06. The molecule has 36 heavy (non-hydrogen) atoms. The fourth-order valence-corrected chi connectivity index (χ4v) is 5.29. The van der Waals surface area contributed by atoms with Gasteiger partial charge in [0.15, 0.2) is 0 Å². The van der Waals surface area contributed by atoms with Gasteiger partial charge in [0.1, 0.15) is 6.04 Å². The van der Waals surface area contributed by atoms with Crippen LogP contribution in [0.3, 0.4) is 0 Å². The number of aryl methyl sites for hydroxylation is 2. The second kappa shape index (κ2) is 9.90. The molecule has 2 aliphatic rings. The Labute approximate surface area is 210 Å². The summed E-state index contributed by atoms with van der Waals surface area (Å²) in [7, 11) is 0. The number of H-pyrrole nitrogens is 1. The lowest BCUT2D eigenvalue weighted by atomic mass is 9.99. The summed E-state index contributed by atoms with van der Waals surface area (Å²) in [5.41, 5.74) is 6.08. The summed E-state index contributed by atoms with van der Waals surface area (Å²) >= 11 is 0. The van der Waals surface area contributed by atoms with Crippen molar-refractivity contribution >= 4 is 28.7 Å². The summed E-state index contributed by atoms with van der Waals surface area (Å²) in [5.74, 6) is 0. The van der Waals surface area contributed by atoms with E-state index in [9.17, 15) is 14.9 Å². The number of amides is 4. The van der Waals surface area contributed by atoms with Crippen LogP contribution < -0.4 is 10.6 Å². The van der Waals surface area contributed by atoms with Crippen molar-refractivity contribution in [1.82, 2.24) is 25.3 Å². The largest absolute Gasteiger partial charge is 0.325 e. The van der Waals surface area contributed by atoms with Crippen molar-refractivity contribution in [3.8, 4) is 6.07 Å². The minimum atomic E-state index is -0.631. The topological polar surface area (TPSA) is 117 Å². The van der Waals surface area contributed by atoms with Gasteiger partial charge < -0.3 is 20.4 Å². The van der Waals surface area contributed by atoms with Gasteiger partial charge in [-0.3, -0.25) is 5.10 Å². The molecule has 1 aromatic heterocycles. The highest BCUT2D eigenvalue weighted by molar-refractivity contribution is 5.92. The molecule has 1 fully saturated rings. The van der Waals surface area contributed by atoms with Gasteiger partial charge in [0.05, 0.1) is 17.3 Å². The van der Waals surface area contributed by atoms with E-state index in [-0.39, 0.29) is 18.1 Å². The van der Waals surface area contributed by atoms with Gasteiger partial charge in [-0.2, -0.15) is 10.4 Å². The quantitative estimate of drug-likeness (QED) is 0.505. The molecule has 0 bridgehead atoms. The fourth-order valence-electron chi connectivity index (χ4n) is 5.29. The first-order chi connectivity index (χ1) is 17.5. The molecule has 0 radical (unpaired) electrons. The lowest BCUT2D eigenvalue weighted by Gasteiger charge is -2.40. The van der Waals surface area contributed by atoms with E-state index in [0.717, 1.165) is 45.4 Å². The third-order valence-electron chi connectivity index (χ3n) is 7.33. The fraction of sp³-hybridized carbons (Fsp3) is 0.407. The number of benzene rings is 2. The maximum absolute atomic E-state index is 13.0. The van der Waals surface area contributed by atoms with Crippen molar-refractivity contribution in [2.45, 2.75) is 58.2 Å². The molecule has 0 spiro atoms.